The van der Waals surface area contributed by atoms with Crippen LogP contribution in [0.15, 0.2) is 12.4 Å². The van der Waals surface area contributed by atoms with Gasteiger partial charge in [-0.15, -0.1) is 0 Å². The standard InChI is InChI=1S/C15H28N4O/c1-14(2)12(13(16)15(3,4)20-14)10-18(5)8-11-7-17-19(6)9-11/h7,9,12-13H,8,10,16H2,1-6H3. The molecule has 0 bridgehead atoms. The summed E-state index contributed by atoms with van der Waals surface area (Å²) in [6.45, 7) is 10.3. The summed E-state index contributed by atoms with van der Waals surface area (Å²) >= 11 is 0. The lowest BCUT2D eigenvalue weighted by molar-refractivity contribution is -0.0782. The molecule has 0 spiro atoms. The van der Waals surface area contributed by atoms with Crippen LogP contribution in [0.2, 0.25) is 0 Å². The minimum Gasteiger partial charge on any atom is -0.368 e. The Balaban J connectivity index is 2.01. The first-order valence-electron chi connectivity index (χ1n) is 7.23. The van der Waals surface area contributed by atoms with Gasteiger partial charge in [0, 0.05) is 43.9 Å². The molecule has 1 aliphatic rings. The molecule has 1 aliphatic heterocycles. The molecule has 2 rings (SSSR count). The van der Waals surface area contributed by atoms with E-state index in [0.717, 1.165) is 13.1 Å². The number of aryl methyl sites for hydroxylation is 1. The number of hydrogen-bond acceptors (Lipinski definition) is 4. The zero-order chi connectivity index (χ0) is 15.1. The highest BCUT2D eigenvalue weighted by Crippen LogP contribution is 2.41. The fourth-order valence-electron chi connectivity index (χ4n) is 3.34. The van der Waals surface area contributed by atoms with Gasteiger partial charge in [0.2, 0.25) is 0 Å². The highest BCUT2D eigenvalue weighted by atomic mass is 16.5. The molecule has 1 saturated heterocycles. The van der Waals surface area contributed by atoms with E-state index in [9.17, 15) is 0 Å². The van der Waals surface area contributed by atoms with Crippen molar-refractivity contribution in [1.29, 1.82) is 0 Å². The molecule has 0 saturated carbocycles. The van der Waals surface area contributed by atoms with Crippen LogP contribution < -0.4 is 5.73 Å². The van der Waals surface area contributed by atoms with Gasteiger partial charge in [-0.05, 0) is 34.7 Å². The van der Waals surface area contributed by atoms with E-state index in [1.807, 2.05) is 17.9 Å². The van der Waals surface area contributed by atoms with Crippen LogP contribution in [0.1, 0.15) is 33.3 Å². The first-order chi connectivity index (χ1) is 9.12. The third-order valence-corrected chi connectivity index (χ3v) is 4.37. The Morgan fingerprint density at radius 1 is 1.35 bits per heavy atom. The molecule has 2 unspecified atom stereocenters. The van der Waals surface area contributed by atoms with Gasteiger partial charge in [-0.1, -0.05) is 0 Å². The van der Waals surface area contributed by atoms with Gasteiger partial charge in [0.05, 0.1) is 17.4 Å². The first kappa shape index (κ1) is 15.5. The zero-order valence-corrected chi connectivity index (χ0v) is 13.6. The molecular formula is C15H28N4O. The van der Waals surface area contributed by atoms with Crippen LogP contribution in [-0.2, 0) is 18.3 Å². The Morgan fingerprint density at radius 3 is 2.45 bits per heavy atom. The van der Waals surface area contributed by atoms with E-state index in [0.29, 0.717) is 5.92 Å². The summed E-state index contributed by atoms with van der Waals surface area (Å²) in [6, 6.07) is 0.0499. The number of rotatable bonds is 4. The lowest BCUT2D eigenvalue weighted by Gasteiger charge is -2.31. The second-order valence-corrected chi connectivity index (χ2v) is 7.16. The van der Waals surface area contributed by atoms with E-state index in [2.05, 4.69) is 50.9 Å². The van der Waals surface area contributed by atoms with Crippen molar-refractivity contribution in [2.75, 3.05) is 13.6 Å². The van der Waals surface area contributed by atoms with Crippen molar-refractivity contribution in [3.63, 3.8) is 0 Å². The second kappa shape index (κ2) is 5.13. The van der Waals surface area contributed by atoms with Crippen molar-refractivity contribution in [2.45, 2.75) is 51.5 Å². The molecule has 1 fully saturated rings. The van der Waals surface area contributed by atoms with Crippen molar-refractivity contribution in [2.24, 2.45) is 18.7 Å². The summed E-state index contributed by atoms with van der Waals surface area (Å²) in [6.07, 6.45) is 3.97. The molecule has 20 heavy (non-hydrogen) atoms. The molecular weight excluding hydrogens is 252 g/mol. The predicted octanol–water partition coefficient (Wildman–Crippen LogP) is 1.38. The normalized spacial score (nSPS) is 28.2. The van der Waals surface area contributed by atoms with Crippen LogP contribution in [0.25, 0.3) is 0 Å². The molecule has 2 atom stereocenters. The van der Waals surface area contributed by atoms with E-state index in [1.54, 1.807) is 0 Å². The molecule has 2 N–H and O–H groups in total. The van der Waals surface area contributed by atoms with Gasteiger partial charge in [-0.2, -0.15) is 5.10 Å². The van der Waals surface area contributed by atoms with E-state index in [1.165, 1.54) is 5.56 Å². The highest BCUT2D eigenvalue weighted by Gasteiger charge is 2.52. The Bertz CT molecular complexity index is 466. The molecule has 0 amide bonds. The Morgan fingerprint density at radius 2 is 2.00 bits per heavy atom. The highest BCUT2D eigenvalue weighted by molar-refractivity contribution is 5.06. The van der Waals surface area contributed by atoms with Crippen LogP contribution in [0.5, 0.6) is 0 Å². The van der Waals surface area contributed by atoms with Gasteiger partial charge in [-0.3, -0.25) is 4.68 Å². The largest absolute Gasteiger partial charge is 0.368 e. The van der Waals surface area contributed by atoms with Gasteiger partial charge in [0.25, 0.3) is 0 Å². The topological polar surface area (TPSA) is 56.3 Å². The van der Waals surface area contributed by atoms with E-state index in [-0.39, 0.29) is 17.2 Å². The van der Waals surface area contributed by atoms with Gasteiger partial charge in [-0.25, -0.2) is 0 Å². The second-order valence-electron chi connectivity index (χ2n) is 7.16. The van der Waals surface area contributed by atoms with Gasteiger partial charge >= 0.3 is 0 Å². The lowest BCUT2D eigenvalue weighted by Crippen LogP contribution is -2.47. The number of nitrogens with two attached hydrogens (primary N) is 1. The summed E-state index contributed by atoms with van der Waals surface area (Å²) < 4.78 is 7.98. The fourth-order valence-corrected chi connectivity index (χ4v) is 3.34. The summed E-state index contributed by atoms with van der Waals surface area (Å²) in [7, 11) is 4.07. The van der Waals surface area contributed by atoms with Crippen LogP contribution in [0.4, 0.5) is 0 Å². The van der Waals surface area contributed by atoms with E-state index >= 15 is 0 Å². The van der Waals surface area contributed by atoms with E-state index < -0.39 is 0 Å². The molecule has 114 valence electrons. The SMILES string of the molecule is CN(Cc1cnn(C)c1)CC1C(N)C(C)(C)OC1(C)C. The molecule has 1 aromatic heterocycles. The first-order valence-corrected chi connectivity index (χ1v) is 7.23. The van der Waals surface area contributed by atoms with E-state index in [4.69, 9.17) is 10.5 Å². The number of ether oxygens (including phenoxy) is 1. The van der Waals surface area contributed by atoms with Crippen LogP contribution in [0.3, 0.4) is 0 Å². The lowest BCUT2D eigenvalue weighted by atomic mass is 9.83. The Hall–Kier alpha value is -0.910. The van der Waals surface area contributed by atoms with Crippen molar-refractivity contribution in [3.05, 3.63) is 18.0 Å². The average molecular weight is 280 g/mol. The number of hydrogen-bond donors (Lipinski definition) is 1. The summed E-state index contributed by atoms with van der Waals surface area (Å²) in [4.78, 5) is 2.30. The van der Waals surface area contributed by atoms with Gasteiger partial charge < -0.3 is 15.4 Å². The predicted molar refractivity (Wildman–Crippen MR) is 80.3 cm³/mol. The zero-order valence-electron chi connectivity index (χ0n) is 13.6. The van der Waals surface area contributed by atoms with Crippen LogP contribution in [0, 0.1) is 5.92 Å². The maximum atomic E-state index is 6.41. The smallest absolute Gasteiger partial charge is 0.0788 e. The number of aromatic nitrogens is 2. The summed E-state index contributed by atoms with van der Waals surface area (Å²) in [5.41, 5.74) is 7.18. The van der Waals surface area contributed by atoms with Crippen molar-refractivity contribution < 1.29 is 4.74 Å². The maximum Gasteiger partial charge on any atom is 0.0788 e. The third kappa shape index (κ3) is 3.05. The van der Waals surface area contributed by atoms with Gasteiger partial charge in [0.1, 0.15) is 0 Å². The minimum atomic E-state index is -0.261. The molecule has 5 nitrogen and oxygen atoms in total. The molecule has 1 aromatic rings. The minimum absolute atomic E-state index is 0.0499. The van der Waals surface area contributed by atoms with Crippen LogP contribution >= 0.6 is 0 Å². The molecule has 2 heterocycles. The van der Waals surface area contributed by atoms with Crippen molar-refractivity contribution in [3.8, 4) is 0 Å². The molecule has 0 radical (unpaired) electrons. The fraction of sp³-hybridized carbons (Fsp3) is 0.800. The van der Waals surface area contributed by atoms with Gasteiger partial charge in [0.15, 0.2) is 0 Å². The van der Waals surface area contributed by atoms with Crippen LogP contribution in [-0.4, -0.2) is 45.5 Å². The quantitative estimate of drug-likeness (QED) is 0.905. The maximum absolute atomic E-state index is 6.41. The number of nitrogens with zero attached hydrogens (tertiary/aromatic N) is 3. The summed E-state index contributed by atoms with van der Waals surface area (Å²) in [5.74, 6) is 0.319. The molecule has 5 heteroatoms. The monoisotopic (exact) mass is 280 g/mol. The van der Waals surface area contributed by atoms with Crippen molar-refractivity contribution in [1.82, 2.24) is 14.7 Å². The van der Waals surface area contributed by atoms with Crippen molar-refractivity contribution >= 4 is 0 Å². The molecule has 0 aliphatic carbocycles. The average Bonchev–Trinajstić information content (AvgIpc) is 2.74. The Labute approximate surface area is 122 Å². The summed E-state index contributed by atoms with van der Waals surface area (Å²) in [5, 5.41) is 4.21. The Kier molecular flexibility index (Phi) is 3.97. The molecule has 0 aromatic carbocycles. The third-order valence-electron chi connectivity index (χ3n) is 4.37.